The first-order chi connectivity index (χ1) is 7.75. The fourth-order valence-corrected chi connectivity index (χ4v) is 1.10. The zero-order valence-electron chi connectivity index (χ0n) is 9.84. The first kappa shape index (κ1) is 15.4. The SMILES string of the molecule is CC(C)[C@H](N)C(=O)N[C@H](CCC(=O)O)C(=O)O. The summed E-state index contributed by atoms with van der Waals surface area (Å²) in [5.41, 5.74) is 5.54. The maximum atomic E-state index is 11.5. The van der Waals surface area contributed by atoms with Gasteiger partial charge < -0.3 is 21.3 Å². The van der Waals surface area contributed by atoms with Crippen LogP contribution < -0.4 is 11.1 Å². The van der Waals surface area contributed by atoms with E-state index in [2.05, 4.69) is 5.32 Å². The van der Waals surface area contributed by atoms with Gasteiger partial charge in [-0.15, -0.1) is 0 Å². The third kappa shape index (κ3) is 5.86. The first-order valence-electron chi connectivity index (χ1n) is 5.26. The van der Waals surface area contributed by atoms with E-state index in [1.165, 1.54) is 0 Å². The van der Waals surface area contributed by atoms with Crippen molar-refractivity contribution in [1.29, 1.82) is 0 Å². The Morgan fingerprint density at radius 1 is 1.24 bits per heavy atom. The molecule has 0 aliphatic heterocycles. The number of carbonyl (C=O) groups is 3. The van der Waals surface area contributed by atoms with Crippen molar-refractivity contribution in [3.05, 3.63) is 0 Å². The van der Waals surface area contributed by atoms with Gasteiger partial charge in [-0.3, -0.25) is 9.59 Å². The van der Waals surface area contributed by atoms with Gasteiger partial charge in [0.15, 0.2) is 0 Å². The lowest BCUT2D eigenvalue weighted by Gasteiger charge is -2.19. The van der Waals surface area contributed by atoms with E-state index >= 15 is 0 Å². The van der Waals surface area contributed by atoms with Gasteiger partial charge in [0.25, 0.3) is 0 Å². The number of carboxylic acid groups (broad SMARTS) is 2. The number of hydrogen-bond acceptors (Lipinski definition) is 4. The molecule has 0 saturated heterocycles. The lowest BCUT2D eigenvalue weighted by atomic mass is 10.0. The predicted octanol–water partition coefficient (Wildman–Crippen LogP) is -0.596. The van der Waals surface area contributed by atoms with E-state index in [-0.39, 0.29) is 18.8 Å². The highest BCUT2D eigenvalue weighted by Crippen LogP contribution is 2.02. The average Bonchev–Trinajstić information content (AvgIpc) is 2.21. The van der Waals surface area contributed by atoms with Crippen LogP contribution in [0.3, 0.4) is 0 Å². The molecular weight excluding hydrogens is 228 g/mol. The summed E-state index contributed by atoms with van der Waals surface area (Å²) in [6.45, 7) is 3.47. The van der Waals surface area contributed by atoms with E-state index in [1.807, 2.05) is 0 Å². The van der Waals surface area contributed by atoms with Gasteiger partial charge in [-0.25, -0.2) is 4.79 Å². The summed E-state index contributed by atoms with van der Waals surface area (Å²) in [6.07, 6.45) is -0.491. The van der Waals surface area contributed by atoms with Gasteiger partial charge in [-0.2, -0.15) is 0 Å². The van der Waals surface area contributed by atoms with Crippen LogP contribution in [0.25, 0.3) is 0 Å². The van der Waals surface area contributed by atoms with Crippen molar-refractivity contribution in [2.24, 2.45) is 11.7 Å². The fourth-order valence-electron chi connectivity index (χ4n) is 1.10. The van der Waals surface area contributed by atoms with E-state index in [0.717, 1.165) is 0 Å². The van der Waals surface area contributed by atoms with Gasteiger partial charge in [-0.1, -0.05) is 13.8 Å². The van der Waals surface area contributed by atoms with Gasteiger partial charge in [-0.05, 0) is 12.3 Å². The Morgan fingerprint density at radius 3 is 2.12 bits per heavy atom. The maximum absolute atomic E-state index is 11.5. The van der Waals surface area contributed by atoms with Crippen LogP contribution in [0.1, 0.15) is 26.7 Å². The van der Waals surface area contributed by atoms with E-state index in [9.17, 15) is 14.4 Å². The van der Waals surface area contributed by atoms with Gasteiger partial charge in [0, 0.05) is 6.42 Å². The number of aliphatic carboxylic acids is 2. The van der Waals surface area contributed by atoms with E-state index in [1.54, 1.807) is 13.8 Å². The van der Waals surface area contributed by atoms with Crippen LogP contribution >= 0.6 is 0 Å². The molecule has 0 radical (unpaired) electrons. The van der Waals surface area contributed by atoms with Gasteiger partial charge >= 0.3 is 11.9 Å². The molecule has 7 heteroatoms. The zero-order chi connectivity index (χ0) is 13.6. The standard InChI is InChI=1S/C10H18N2O5/c1-5(2)8(11)9(15)12-6(10(16)17)3-4-7(13)14/h5-6,8H,3-4,11H2,1-2H3,(H,12,15)(H,13,14)(H,16,17)/t6-,8+/m1/s1. The predicted molar refractivity (Wildman–Crippen MR) is 59.2 cm³/mol. The summed E-state index contributed by atoms with van der Waals surface area (Å²) in [7, 11) is 0. The number of carbonyl (C=O) groups excluding carboxylic acids is 1. The quantitative estimate of drug-likeness (QED) is 0.474. The Bertz CT molecular complexity index is 303. The van der Waals surface area contributed by atoms with Crippen LogP contribution in [-0.4, -0.2) is 40.1 Å². The molecule has 0 heterocycles. The molecule has 0 unspecified atom stereocenters. The Morgan fingerprint density at radius 2 is 1.76 bits per heavy atom. The topological polar surface area (TPSA) is 130 Å². The number of nitrogens with two attached hydrogens (primary N) is 1. The normalized spacial score (nSPS) is 14.1. The van der Waals surface area contributed by atoms with Crippen LogP contribution in [0, 0.1) is 5.92 Å². The molecule has 0 aromatic rings. The Kier molecular flexibility index (Phi) is 6.19. The van der Waals surface area contributed by atoms with Crippen molar-refractivity contribution < 1.29 is 24.6 Å². The largest absolute Gasteiger partial charge is 0.481 e. The van der Waals surface area contributed by atoms with Crippen molar-refractivity contribution in [2.45, 2.75) is 38.8 Å². The third-order valence-corrected chi connectivity index (χ3v) is 2.28. The van der Waals surface area contributed by atoms with E-state index in [0.29, 0.717) is 0 Å². The van der Waals surface area contributed by atoms with Crippen LogP contribution in [0.15, 0.2) is 0 Å². The molecule has 17 heavy (non-hydrogen) atoms. The van der Waals surface area contributed by atoms with E-state index < -0.39 is 29.9 Å². The van der Waals surface area contributed by atoms with Crippen LogP contribution in [0.5, 0.6) is 0 Å². The Labute approximate surface area is 99.0 Å². The minimum absolute atomic E-state index is 0.121. The molecule has 1 amide bonds. The molecule has 0 aromatic heterocycles. The minimum atomic E-state index is -1.27. The second-order valence-electron chi connectivity index (χ2n) is 4.10. The Balaban J connectivity index is 4.39. The van der Waals surface area contributed by atoms with Crippen LogP contribution in [0.4, 0.5) is 0 Å². The highest BCUT2D eigenvalue weighted by molar-refractivity contribution is 5.87. The number of hydrogen-bond donors (Lipinski definition) is 4. The molecular formula is C10H18N2O5. The molecule has 0 rings (SSSR count). The van der Waals surface area contributed by atoms with Crippen LogP contribution in [-0.2, 0) is 14.4 Å². The van der Waals surface area contributed by atoms with Gasteiger partial charge in [0.1, 0.15) is 6.04 Å². The van der Waals surface area contributed by atoms with Crippen molar-refractivity contribution in [3.8, 4) is 0 Å². The van der Waals surface area contributed by atoms with E-state index in [4.69, 9.17) is 15.9 Å². The van der Waals surface area contributed by atoms with Crippen molar-refractivity contribution in [3.63, 3.8) is 0 Å². The summed E-state index contributed by atoms with van der Waals surface area (Å²) < 4.78 is 0. The number of rotatable bonds is 7. The second-order valence-corrected chi connectivity index (χ2v) is 4.10. The smallest absolute Gasteiger partial charge is 0.326 e. The lowest BCUT2D eigenvalue weighted by Crippen LogP contribution is -2.50. The van der Waals surface area contributed by atoms with Crippen molar-refractivity contribution in [2.75, 3.05) is 0 Å². The molecule has 98 valence electrons. The number of amides is 1. The summed E-state index contributed by atoms with van der Waals surface area (Å²) in [5, 5.41) is 19.5. The Hall–Kier alpha value is -1.63. The molecule has 0 aliphatic carbocycles. The summed E-state index contributed by atoms with van der Waals surface area (Å²) in [4.78, 5) is 32.6. The lowest BCUT2D eigenvalue weighted by molar-refractivity contribution is -0.143. The van der Waals surface area contributed by atoms with Crippen molar-refractivity contribution in [1.82, 2.24) is 5.32 Å². The van der Waals surface area contributed by atoms with Gasteiger partial charge in [0.05, 0.1) is 6.04 Å². The number of carboxylic acids is 2. The molecule has 0 aromatic carbocycles. The maximum Gasteiger partial charge on any atom is 0.326 e. The molecule has 7 nitrogen and oxygen atoms in total. The first-order valence-corrected chi connectivity index (χ1v) is 5.26. The molecule has 0 fully saturated rings. The zero-order valence-corrected chi connectivity index (χ0v) is 9.84. The molecule has 0 aliphatic rings. The minimum Gasteiger partial charge on any atom is -0.481 e. The highest BCUT2D eigenvalue weighted by Gasteiger charge is 2.25. The molecule has 2 atom stereocenters. The monoisotopic (exact) mass is 246 g/mol. The molecule has 0 spiro atoms. The molecule has 0 bridgehead atoms. The average molecular weight is 246 g/mol. The molecule has 0 saturated carbocycles. The second kappa shape index (κ2) is 6.85. The van der Waals surface area contributed by atoms with Crippen LogP contribution in [0.2, 0.25) is 0 Å². The summed E-state index contributed by atoms with van der Waals surface area (Å²) in [5.74, 6) is -3.09. The third-order valence-electron chi connectivity index (χ3n) is 2.28. The van der Waals surface area contributed by atoms with Gasteiger partial charge in [0.2, 0.25) is 5.91 Å². The fraction of sp³-hybridized carbons (Fsp3) is 0.700. The highest BCUT2D eigenvalue weighted by atomic mass is 16.4. The summed E-state index contributed by atoms with van der Waals surface area (Å²) in [6, 6.07) is -2.02. The molecule has 5 N–H and O–H groups in total. The number of nitrogens with one attached hydrogen (secondary N) is 1. The summed E-state index contributed by atoms with van der Waals surface area (Å²) >= 11 is 0. The van der Waals surface area contributed by atoms with Crippen molar-refractivity contribution >= 4 is 17.8 Å².